The average Bonchev–Trinajstić information content (AvgIpc) is 2.39. The average molecular weight is 275 g/mol. The van der Waals surface area contributed by atoms with Crippen molar-refractivity contribution in [3.05, 3.63) is 64.7 Å². The number of amides is 1. The number of nitrogens with two attached hydrogens (primary N) is 1. The van der Waals surface area contributed by atoms with Crippen LogP contribution in [-0.4, -0.2) is 5.91 Å². The third-order valence-electron chi connectivity index (χ3n) is 2.92. The number of halogens is 1. The van der Waals surface area contributed by atoms with Crippen LogP contribution in [0, 0.1) is 0 Å². The van der Waals surface area contributed by atoms with Gasteiger partial charge in [0.15, 0.2) is 0 Å². The summed E-state index contributed by atoms with van der Waals surface area (Å²) in [6.07, 6.45) is 0. The van der Waals surface area contributed by atoms with Crippen LogP contribution in [0.15, 0.2) is 48.5 Å². The van der Waals surface area contributed by atoms with Crippen LogP contribution >= 0.6 is 11.6 Å². The zero-order chi connectivity index (χ0) is 13.8. The van der Waals surface area contributed by atoms with Crippen molar-refractivity contribution in [1.82, 2.24) is 5.32 Å². The van der Waals surface area contributed by atoms with Crippen LogP contribution in [0.4, 0.5) is 5.69 Å². The molecule has 0 radical (unpaired) electrons. The fraction of sp³-hybridized carbons (Fsp3) is 0.133. The summed E-state index contributed by atoms with van der Waals surface area (Å²) < 4.78 is 0. The first-order valence-electron chi connectivity index (χ1n) is 5.99. The van der Waals surface area contributed by atoms with Crippen molar-refractivity contribution in [2.45, 2.75) is 13.0 Å². The first kappa shape index (κ1) is 13.4. The minimum Gasteiger partial charge on any atom is -0.398 e. The summed E-state index contributed by atoms with van der Waals surface area (Å²) in [4.78, 5) is 12.1. The molecule has 0 bridgehead atoms. The van der Waals surface area contributed by atoms with Crippen molar-refractivity contribution in [2.24, 2.45) is 0 Å². The summed E-state index contributed by atoms with van der Waals surface area (Å²) in [7, 11) is 0. The van der Waals surface area contributed by atoms with Gasteiger partial charge in [0.25, 0.3) is 5.91 Å². The van der Waals surface area contributed by atoms with Crippen molar-refractivity contribution in [3.8, 4) is 0 Å². The highest BCUT2D eigenvalue weighted by Crippen LogP contribution is 2.17. The van der Waals surface area contributed by atoms with Gasteiger partial charge in [-0.05, 0) is 36.8 Å². The van der Waals surface area contributed by atoms with E-state index >= 15 is 0 Å². The van der Waals surface area contributed by atoms with Crippen molar-refractivity contribution in [1.29, 1.82) is 0 Å². The molecule has 0 aliphatic carbocycles. The van der Waals surface area contributed by atoms with E-state index in [1.807, 2.05) is 19.1 Å². The first-order valence-corrected chi connectivity index (χ1v) is 6.36. The summed E-state index contributed by atoms with van der Waals surface area (Å²) in [5.41, 5.74) is 7.73. The highest BCUT2D eigenvalue weighted by atomic mass is 35.5. The van der Waals surface area contributed by atoms with E-state index in [0.717, 1.165) is 5.56 Å². The molecule has 2 aromatic carbocycles. The Balaban J connectivity index is 2.11. The van der Waals surface area contributed by atoms with Gasteiger partial charge < -0.3 is 11.1 Å². The molecule has 0 spiro atoms. The van der Waals surface area contributed by atoms with Gasteiger partial charge in [-0.3, -0.25) is 4.79 Å². The maximum Gasteiger partial charge on any atom is 0.253 e. The van der Waals surface area contributed by atoms with Crippen LogP contribution in [0.25, 0.3) is 0 Å². The molecule has 0 saturated carbocycles. The second-order valence-corrected chi connectivity index (χ2v) is 4.77. The van der Waals surface area contributed by atoms with E-state index < -0.39 is 0 Å². The predicted molar refractivity (Wildman–Crippen MR) is 78.2 cm³/mol. The molecule has 1 atom stereocenters. The third-order valence-corrected chi connectivity index (χ3v) is 3.17. The Hall–Kier alpha value is -2.00. The predicted octanol–water partition coefficient (Wildman–Crippen LogP) is 3.41. The molecule has 0 heterocycles. The lowest BCUT2D eigenvalue weighted by Gasteiger charge is -2.15. The second-order valence-electron chi connectivity index (χ2n) is 4.33. The van der Waals surface area contributed by atoms with E-state index in [4.69, 9.17) is 17.3 Å². The van der Waals surface area contributed by atoms with Crippen LogP contribution in [0.3, 0.4) is 0 Å². The molecule has 3 N–H and O–H groups in total. The van der Waals surface area contributed by atoms with Gasteiger partial charge in [-0.2, -0.15) is 0 Å². The topological polar surface area (TPSA) is 55.1 Å². The highest BCUT2D eigenvalue weighted by Gasteiger charge is 2.13. The minimum atomic E-state index is -0.180. The van der Waals surface area contributed by atoms with E-state index in [-0.39, 0.29) is 11.9 Å². The molecular weight excluding hydrogens is 260 g/mol. The number of nitrogens with one attached hydrogen (secondary N) is 1. The number of carbonyl (C=O) groups excluding carboxylic acids is 1. The molecule has 0 aromatic heterocycles. The van der Waals surface area contributed by atoms with Gasteiger partial charge in [0.1, 0.15) is 0 Å². The smallest absolute Gasteiger partial charge is 0.253 e. The maximum absolute atomic E-state index is 12.1. The number of nitrogen functional groups attached to an aromatic ring is 1. The molecule has 0 unspecified atom stereocenters. The molecule has 98 valence electrons. The van der Waals surface area contributed by atoms with Crippen molar-refractivity contribution >= 4 is 23.2 Å². The van der Waals surface area contributed by atoms with E-state index in [1.54, 1.807) is 36.4 Å². The summed E-state index contributed by atoms with van der Waals surface area (Å²) in [6.45, 7) is 1.92. The van der Waals surface area contributed by atoms with Crippen LogP contribution in [0.2, 0.25) is 5.02 Å². The fourth-order valence-electron chi connectivity index (χ4n) is 1.81. The van der Waals surface area contributed by atoms with Gasteiger partial charge in [-0.15, -0.1) is 0 Å². The Morgan fingerprint density at radius 1 is 1.16 bits per heavy atom. The van der Waals surface area contributed by atoms with Crippen LogP contribution < -0.4 is 11.1 Å². The molecule has 0 aliphatic heterocycles. The molecule has 1 amide bonds. The SMILES string of the molecule is C[C@@H](NC(=O)c1ccccc1N)c1ccc(Cl)cc1. The van der Waals surface area contributed by atoms with Crippen LogP contribution in [0.1, 0.15) is 28.9 Å². The summed E-state index contributed by atoms with van der Waals surface area (Å²) in [5.74, 6) is -0.180. The standard InChI is InChI=1S/C15H15ClN2O/c1-10(11-6-8-12(16)9-7-11)18-15(19)13-4-2-3-5-14(13)17/h2-10H,17H2,1H3,(H,18,19)/t10-/m1/s1. The van der Waals surface area contributed by atoms with E-state index in [2.05, 4.69) is 5.32 Å². The van der Waals surface area contributed by atoms with Gasteiger partial charge >= 0.3 is 0 Å². The van der Waals surface area contributed by atoms with Gasteiger partial charge in [0.2, 0.25) is 0 Å². The first-order chi connectivity index (χ1) is 9.08. The Labute approximate surface area is 117 Å². The number of carbonyl (C=O) groups is 1. The van der Waals surface area contributed by atoms with E-state index in [1.165, 1.54) is 0 Å². The molecule has 0 saturated heterocycles. The van der Waals surface area contributed by atoms with Gasteiger partial charge in [0, 0.05) is 10.7 Å². The lowest BCUT2D eigenvalue weighted by molar-refractivity contribution is 0.0941. The number of anilines is 1. The Morgan fingerprint density at radius 3 is 2.42 bits per heavy atom. The normalized spacial score (nSPS) is 11.9. The molecule has 0 aliphatic rings. The number of benzene rings is 2. The second kappa shape index (κ2) is 5.76. The van der Waals surface area contributed by atoms with Crippen LogP contribution in [0.5, 0.6) is 0 Å². The van der Waals surface area contributed by atoms with E-state index in [0.29, 0.717) is 16.3 Å². The number of para-hydroxylation sites is 1. The molecule has 2 rings (SSSR count). The zero-order valence-electron chi connectivity index (χ0n) is 10.6. The largest absolute Gasteiger partial charge is 0.398 e. The molecule has 19 heavy (non-hydrogen) atoms. The Kier molecular flexibility index (Phi) is 4.07. The monoisotopic (exact) mass is 274 g/mol. The molecular formula is C15H15ClN2O. The summed E-state index contributed by atoms with van der Waals surface area (Å²) in [6, 6.07) is 14.3. The van der Waals surface area contributed by atoms with E-state index in [9.17, 15) is 4.79 Å². The lowest BCUT2D eigenvalue weighted by Crippen LogP contribution is -2.27. The molecule has 3 nitrogen and oxygen atoms in total. The lowest BCUT2D eigenvalue weighted by atomic mass is 10.1. The van der Waals surface area contributed by atoms with Crippen LogP contribution in [-0.2, 0) is 0 Å². The third kappa shape index (κ3) is 3.26. The fourth-order valence-corrected chi connectivity index (χ4v) is 1.94. The van der Waals surface area contributed by atoms with Crippen molar-refractivity contribution < 1.29 is 4.79 Å². The van der Waals surface area contributed by atoms with Crippen molar-refractivity contribution in [3.63, 3.8) is 0 Å². The Morgan fingerprint density at radius 2 is 1.79 bits per heavy atom. The maximum atomic E-state index is 12.1. The molecule has 4 heteroatoms. The van der Waals surface area contributed by atoms with Gasteiger partial charge in [-0.25, -0.2) is 0 Å². The zero-order valence-corrected chi connectivity index (χ0v) is 11.3. The van der Waals surface area contributed by atoms with Gasteiger partial charge in [-0.1, -0.05) is 35.9 Å². The Bertz CT molecular complexity index is 581. The van der Waals surface area contributed by atoms with Crippen molar-refractivity contribution in [2.75, 3.05) is 5.73 Å². The number of hydrogen-bond donors (Lipinski definition) is 2. The minimum absolute atomic E-state index is 0.107. The summed E-state index contributed by atoms with van der Waals surface area (Å²) in [5, 5.41) is 3.59. The molecule has 2 aromatic rings. The highest BCUT2D eigenvalue weighted by molar-refractivity contribution is 6.30. The van der Waals surface area contributed by atoms with Gasteiger partial charge in [0.05, 0.1) is 11.6 Å². The molecule has 0 fully saturated rings. The quantitative estimate of drug-likeness (QED) is 0.843. The number of rotatable bonds is 3. The summed E-state index contributed by atoms with van der Waals surface area (Å²) >= 11 is 5.83. The number of hydrogen-bond acceptors (Lipinski definition) is 2.